The Morgan fingerprint density at radius 3 is 1.76 bits per heavy atom. The number of carbonyl (C=O) groups is 1. The Hall–Kier alpha value is -3.25. The van der Waals surface area contributed by atoms with E-state index in [1.54, 1.807) is 78.9 Å². The predicted octanol–water partition coefficient (Wildman–Crippen LogP) is 2.91. The lowest BCUT2D eigenvalue weighted by Gasteiger charge is -2.19. The van der Waals surface area contributed by atoms with E-state index >= 15 is 0 Å². The number of unbranched alkanes of at least 4 members (excludes halogenated alkanes) is 1. The van der Waals surface area contributed by atoms with E-state index in [0.29, 0.717) is 29.7 Å². The van der Waals surface area contributed by atoms with Crippen molar-refractivity contribution in [2.45, 2.75) is 36.8 Å². The molecule has 1 atom stereocenters. The van der Waals surface area contributed by atoms with Crippen molar-refractivity contribution in [3.63, 3.8) is 0 Å². The number of hydrogen-bond acceptors (Lipinski definition) is 6. The van der Waals surface area contributed by atoms with Gasteiger partial charge in [-0.1, -0.05) is 85.3 Å². The molecular formula is C26H32N4O5S2. The summed E-state index contributed by atoms with van der Waals surface area (Å²) >= 11 is 0. The highest BCUT2D eigenvalue weighted by Crippen LogP contribution is 2.10. The largest absolute Gasteiger partial charge is 0.299 e. The molecule has 0 saturated carbocycles. The molecule has 0 spiro atoms. The van der Waals surface area contributed by atoms with Crippen LogP contribution < -0.4 is 20.3 Å². The van der Waals surface area contributed by atoms with Crippen molar-refractivity contribution in [3.8, 4) is 0 Å². The van der Waals surface area contributed by atoms with Crippen molar-refractivity contribution in [2.24, 2.45) is 0 Å². The van der Waals surface area contributed by atoms with Gasteiger partial charge in [0.1, 0.15) is 6.04 Å². The summed E-state index contributed by atoms with van der Waals surface area (Å²) in [7, 11) is -7.32. The predicted molar refractivity (Wildman–Crippen MR) is 145 cm³/mol. The third kappa shape index (κ3) is 10.7. The SMILES string of the molecule is O=C(NNc1ccccc1)[C@@H](CCCCNS(=O)(=O)Cc1ccccc1)NS(=O)(=O)Cc1ccccc1. The second kappa shape index (κ2) is 13.9. The molecule has 0 aliphatic carbocycles. The van der Waals surface area contributed by atoms with E-state index < -0.39 is 32.0 Å². The van der Waals surface area contributed by atoms with Gasteiger partial charge in [-0.25, -0.2) is 26.3 Å². The van der Waals surface area contributed by atoms with Crippen LogP contribution in [0.2, 0.25) is 0 Å². The lowest BCUT2D eigenvalue weighted by atomic mass is 10.1. The van der Waals surface area contributed by atoms with Gasteiger partial charge in [0.25, 0.3) is 5.91 Å². The van der Waals surface area contributed by atoms with Crippen LogP contribution >= 0.6 is 0 Å². The molecule has 4 N–H and O–H groups in total. The maximum atomic E-state index is 12.9. The number of amides is 1. The van der Waals surface area contributed by atoms with Gasteiger partial charge in [-0.05, 0) is 36.1 Å². The van der Waals surface area contributed by atoms with Gasteiger partial charge in [0.15, 0.2) is 0 Å². The molecule has 0 radical (unpaired) electrons. The Labute approximate surface area is 218 Å². The average Bonchev–Trinajstić information content (AvgIpc) is 2.87. The molecule has 0 aliphatic rings. The molecule has 3 rings (SSSR count). The Bertz CT molecular complexity index is 1320. The number of benzene rings is 3. The van der Waals surface area contributed by atoms with Gasteiger partial charge in [-0.3, -0.25) is 15.6 Å². The van der Waals surface area contributed by atoms with E-state index in [9.17, 15) is 21.6 Å². The van der Waals surface area contributed by atoms with Crippen molar-refractivity contribution < 1.29 is 21.6 Å². The molecule has 0 fully saturated rings. The molecule has 9 nitrogen and oxygen atoms in total. The van der Waals surface area contributed by atoms with Gasteiger partial charge < -0.3 is 0 Å². The molecule has 3 aromatic rings. The van der Waals surface area contributed by atoms with E-state index in [-0.39, 0.29) is 24.5 Å². The summed E-state index contributed by atoms with van der Waals surface area (Å²) in [5.74, 6) is -0.920. The summed E-state index contributed by atoms with van der Waals surface area (Å²) < 4.78 is 55.2. The number of nitrogens with one attached hydrogen (secondary N) is 4. The molecule has 0 bridgehead atoms. The van der Waals surface area contributed by atoms with Crippen LogP contribution in [0.3, 0.4) is 0 Å². The van der Waals surface area contributed by atoms with Gasteiger partial charge in [-0.15, -0.1) is 0 Å². The highest BCUT2D eigenvalue weighted by atomic mass is 32.2. The highest BCUT2D eigenvalue weighted by molar-refractivity contribution is 7.89. The lowest BCUT2D eigenvalue weighted by molar-refractivity contribution is -0.122. The van der Waals surface area contributed by atoms with E-state index in [4.69, 9.17) is 0 Å². The second-order valence-electron chi connectivity index (χ2n) is 8.53. The first kappa shape index (κ1) is 28.3. The van der Waals surface area contributed by atoms with Crippen molar-refractivity contribution in [2.75, 3.05) is 12.0 Å². The van der Waals surface area contributed by atoms with Crippen molar-refractivity contribution in [1.29, 1.82) is 0 Å². The molecule has 11 heteroatoms. The zero-order valence-corrected chi connectivity index (χ0v) is 22.0. The summed E-state index contributed by atoms with van der Waals surface area (Å²) in [4.78, 5) is 12.9. The average molecular weight is 545 g/mol. The van der Waals surface area contributed by atoms with Crippen LogP contribution in [0, 0.1) is 0 Å². The zero-order chi connectivity index (χ0) is 26.6. The fraction of sp³-hybridized carbons (Fsp3) is 0.269. The Kier molecular flexibility index (Phi) is 10.6. The number of hydrogen-bond donors (Lipinski definition) is 4. The molecule has 0 heterocycles. The molecule has 0 saturated heterocycles. The van der Waals surface area contributed by atoms with E-state index in [2.05, 4.69) is 20.3 Å². The quantitative estimate of drug-likeness (QED) is 0.172. The molecular weight excluding hydrogens is 512 g/mol. The standard InChI is InChI=1S/C26H32N4O5S2/c31-26(29-28-24-16-8-3-9-17-24)25(30-37(34,35)21-23-14-6-2-7-15-23)18-10-11-19-27-36(32,33)20-22-12-4-1-5-13-22/h1-9,12-17,25,27-28,30H,10-11,18-21H2,(H,29,31)/t25-/m1/s1. The molecule has 37 heavy (non-hydrogen) atoms. The summed E-state index contributed by atoms with van der Waals surface area (Å²) in [6.07, 6.45) is 1.05. The second-order valence-corrected chi connectivity index (χ2v) is 12.1. The minimum Gasteiger partial charge on any atom is -0.299 e. The molecule has 0 aliphatic heterocycles. The van der Waals surface area contributed by atoms with Crippen molar-refractivity contribution in [1.82, 2.24) is 14.9 Å². The Morgan fingerprint density at radius 2 is 1.19 bits per heavy atom. The highest BCUT2D eigenvalue weighted by Gasteiger charge is 2.24. The van der Waals surface area contributed by atoms with Crippen LogP contribution in [0.5, 0.6) is 0 Å². The molecule has 0 unspecified atom stereocenters. The van der Waals surface area contributed by atoms with Gasteiger partial charge in [0.05, 0.1) is 17.2 Å². The maximum absolute atomic E-state index is 12.9. The van der Waals surface area contributed by atoms with Gasteiger partial charge >= 0.3 is 0 Å². The van der Waals surface area contributed by atoms with Gasteiger partial charge in [-0.2, -0.15) is 0 Å². The molecule has 198 valence electrons. The van der Waals surface area contributed by atoms with Crippen LogP contribution in [0.1, 0.15) is 30.4 Å². The van der Waals surface area contributed by atoms with Crippen molar-refractivity contribution >= 4 is 31.6 Å². The van der Waals surface area contributed by atoms with Crippen LogP contribution in [0.25, 0.3) is 0 Å². The topological polar surface area (TPSA) is 133 Å². The van der Waals surface area contributed by atoms with E-state index in [1.165, 1.54) is 0 Å². The van der Waals surface area contributed by atoms with Crippen molar-refractivity contribution in [3.05, 3.63) is 102 Å². The van der Waals surface area contributed by atoms with E-state index in [1.807, 2.05) is 12.1 Å². The third-order valence-corrected chi connectivity index (χ3v) is 8.10. The Balaban J connectivity index is 1.54. The maximum Gasteiger partial charge on any atom is 0.256 e. The normalized spacial score (nSPS) is 12.5. The number of rotatable bonds is 15. The van der Waals surface area contributed by atoms with Crippen LogP contribution in [0.15, 0.2) is 91.0 Å². The summed E-state index contributed by atoms with van der Waals surface area (Å²) in [6, 6.07) is 25.5. The van der Waals surface area contributed by atoms with Crippen LogP contribution in [-0.2, 0) is 36.3 Å². The number of anilines is 1. The van der Waals surface area contributed by atoms with Gasteiger partial charge in [0.2, 0.25) is 20.0 Å². The van der Waals surface area contributed by atoms with E-state index in [0.717, 1.165) is 0 Å². The molecule has 3 aromatic carbocycles. The van der Waals surface area contributed by atoms with Crippen LogP contribution in [0.4, 0.5) is 5.69 Å². The number of hydrazine groups is 1. The summed E-state index contributed by atoms with van der Waals surface area (Å²) in [5, 5.41) is 0. The first-order valence-corrected chi connectivity index (χ1v) is 15.2. The number of para-hydroxylation sites is 1. The number of sulfonamides is 2. The first-order chi connectivity index (χ1) is 17.7. The zero-order valence-electron chi connectivity index (χ0n) is 20.3. The van der Waals surface area contributed by atoms with Gasteiger partial charge in [0, 0.05) is 6.54 Å². The first-order valence-electron chi connectivity index (χ1n) is 11.9. The minimum atomic E-state index is -3.81. The summed E-state index contributed by atoms with van der Waals surface area (Å²) in [6.45, 7) is 0.183. The number of carbonyl (C=O) groups excluding carboxylic acids is 1. The smallest absolute Gasteiger partial charge is 0.256 e. The van der Waals surface area contributed by atoms with Crippen LogP contribution in [-0.4, -0.2) is 35.3 Å². The monoisotopic (exact) mass is 544 g/mol. The summed E-state index contributed by atoms with van der Waals surface area (Å²) in [5.41, 5.74) is 7.26. The third-order valence-electron chi connectivity index (χ3n) is 5.38. The molecule has 0 aromatic heterocycles. The fourth-order valence-electron chi connectivity index (χ4n) is 3.58. The Morgan fingerprint density at radius 1 is 0.676 bits per heavy atom. The minimum absolute atomic E-state index is 0.122. The molecule has 1 amide bonds. The lowest BCUT2D eigenvalue weighted by Crippen LogP contribution is -2.48. The fourth-order valence-corrected chi connectivity index (χ4v) is 6.15.